The number of nitrogens with two attached hydrogens (primary N) is 2. The Balaban J connectivity index is 4.82. The predicted molar refractivity (Wildman–Crippen MR) is 97.9 cm³/mol. The van der Waals surface area contributed by atoms with Crippen molar-refractivity contribution in [1.82, 2.24) is 16.0 Å². The van der Waals surface area contributed by atoms with Crippen LogP contribution in [-0.2, 0) is 24.0 Å². The summed E-state index contributed by atoms with van der Waals surface area (Å²) in [6.45, 7) is 3.00. The lowest BCUT2D eigenvalue weighted by atomic mass is 10.1. The average Bonchev–Trinajstić information content (AvgIpc) is 2.60. The minimum Gasteiger partial charge on any atom is -0.481 e. The third-order valence-electron chi connectivity index (χ3n) is 3.80. The Morgan fingerprint density at radius 2 is 1.43 bits per heavy atom. The molecule has 3 amide bonds. The maximum absolute atomic E-state index is 12.2. The van der Waals surface area contributed by atoms with E-state index in [1.807, 2.05) is 0 Å². The number of nitrogens with one attached hydrogen (secondary N) is 3. The lowest BCUT2D eigenvalue weighted by Gasteiger charge is -2.22. The van der Waals surface area contributed by atoms with Gasteiger partial charge in [-0.3, -0.25) is 24.0 Å². The van der Waals surface area contributed by atoms with Crippen LogP contribution in [-0.4, -0.2) is 70.6 Å². The van der Waals surface area contributed by atoms with E-state index < -0.39 is 60.2 Å². The summed E-state index contributed by atoms with van der Waals surface area (Å²) in [6, 6.07) is -4.71. The third-order valence-corrected chi connectivity index (χ3v) is 3.80. The van der Waals surface area contributed by atoms with Crippen LogP contribution in [0.5, 0.6) is 0 Å². The van der Waals surface area contributed by atoms with Gasteiger partial charge in [0.15, 0.2) is 0 Å². The third kappa shape index (κ3) is 9.83. The smallest absolute Gasteiger partial charge is 0.325 e. The average molecular weight is 403 g/mol. The Labute approximate surface area is 162 Å². The molecule has 28 heavy (non-hydrogen) atoms. The van der Waals surface area contributed by atoms with Crippen LogP contribution < -0.4 is 27.4 Å². The van der Waals surface area contributed by atoms with Crippen molar-refractivity contribution in [3.05, 3.63) is 0 Å². The molecule has 0 aliphatic rings. The van der Waals surface area contributed by atoms with Crippen molar-refractivity contribution >= 4 is 29.7 Å². The molecule has 12 heteroatoms. The highest BCUT2D eigenvalue weighted by Gasteiger charge is 2.28. The van der Waals surface area contributed by atoms with Crippen molar-refractivity contribution < 1.29 is 34.2 Å². The van der Waals surface area contributed by atoms with Crippen molar-refractivity contribution in [2.45, 2.75) is 63.7 Å². The van der Waals surface area contributed by atoms with Gasteiger partial charge in [-0.15, -0.1) is 0 Å². The first-order chi connectivity index (χ1) is 13.0. The Kier molecular flexibility index (Phi) is 11.4. The van der Waals surface area contributed by atoms with Crippen LogP contribution in [0.3, 0.4) is 0 Å². The van der Waals surface area contributed by atoms with Crippen molar-refractivity contribution in [2.75, 3.05) is 6.54 Å². The molecule has 0 aliphatic carbocycles. The molecule has 0 aromatic carbocycles. The minimum absolute atomic E-state index is 0.383. The van der Waals surface area contributed by atoms with E-state index in [-0.39, 0.29) is 0 Å². The molecule has 0 aromatic rings. The van der Waals surface area contributed by atoms with Gasteiger partial charge in [-0.05, 0) is 33.2 Å². The topological polar surface area (TPSA) is 214 Å². The Morgan fingerprint density at radius 1 is 0.857 bits per heavy atom. The van der Waals surface area contributed by atoms with Crippen LogP contribution >= 0.6 is 0 Å². The molecule has 0 aromatic heterocycles. The quantitative estimate of drug-likeness (QED) is 0.161. The van der Waals surface area contributed by atoms with Gasteiger partial charge in [-0.2, -0.15) is 0 Å². The standard InChI is InChI=1S/C16H29N5O7/c1-8(19-14(25)10(18)5-3-4-6-17)13(24)21-11(7-12(22)23)15(26)20-9(2)16(27)28/h8-11H,3-7,17-18H2,1-2H3,(H,19,25)(H,20,26)(H,21,24)(H,22,23)(H,27,28). The Bertz CT molecular complexity index is 584. The molecule has 0 fully saturated rings. The van der Waals surface area contributed by atoms with Gasteiger partial charge in [0.1, 0.15) is 18.1 Å². The highest BCUT2D eigenvalue weighted by atomic mass is 16.4. The van der Waals surface area contributed by atoms with Crippen molar-refractivity contribution in [1.29, 1.82) is 0 Å². The number of rotatable bonds is 13. The first kappa shape index (κ1) is 25.3. The van der Waals surface area contributed by atoms with Crippen molar-refractivity contribution in [2.24, 2.45) is 11.5 Å². The second-order valence-electron chi connectivity index (χ2n) is 6.35. The highest BCUT2D eigenvalue weighted by molar-refractivity contribution is 5.95. The normalized spacial score (nSPS) is 14.9. The molecule has 0 heterocycles. The van der Waals surface area contributed by atoms with E-state index in [0.29, 0.717) is 25.8 Å². The van der Waals surface area contributed by atoms with Gasteiger partial charge in [0.25, 0.3) is 0 Å². The fraction of sp³-hybridized carbons (Fsp3) is 0.688. The highest BCUT2D eigenvalue weighted by Crippen LogP contribution is 2.00. The maximum Gasteiger partial charge on any atom is 0.325 e. The lowest BCUT2D eigenvalue weighted by molar-refractivity contribution is -0.143. The summed E-state index contributed by atoms with van der Waals surface area (Å²) in [5, 5.41) is 24.4. The first-order valence-electron chi connectivity index (χ1n) is 8.80. The van der Waals surface area contributed by atoms with Gasteiger partial charge < -0.3 is 37.6 Å². The first-order valence-corrected chi connectivity index (χ1v) is 8.80. The number of hydrogen-bond donors (Lipinski definition) is 7. The van der Waals surface area contributed by atoms with Crippen molar-refractivity contribution in [3.63, 3.8) is 0 Å². The van der Waals surface area contributed by atoms with Gasteiger partial charge in [0, 0.05) is 0 Å². The summed E-state index contributed by atoms with van der Waals surface area (Å²) in [5.74, 6) is -5.05. The molecular weight excluding hydrogens is 374 g/mol. The van der Waals surface area contributed by atoms with Crippen LogP contribution in [0.1, 0.15) is 39.5 Å². The van der Waals surface area contributed by atoms with Crippen LogP contribution in [0.25, 0.3) is 0 Å². The molecule has 0 aliphatic heterocycles. The fourth-order valence-corrected chi connectivity index (χ4v) is 2.08. The maximum atomic E-state index is 12.2. The van der Waals surface area contributed by atoms with E-state index in [9.17, 15) is 24.0 Å². The summed E-state index contributed by atoms with van der Waals surface area (Å²) < 4.78 is 0. The second kappa shape index (κ2) is 12.6. The van der Waals surface area contributed by atoms with E-state index in [4.69, 9.17) is 21.7 Å². The number of hydrogen-bond acceptors (Lipinski definition) is 7. The van der Waals surface area contributed by atoms with Crippen LogP contribution in [0.2, 0.25) is 0 Å². The largest absolute Gasteiger partial charge is 0.481 e. The monoisotopic (exact) mass is 403 g/mol. The Hall–Kier alpha value is -2.73. The van der Waals surface area contributed by atoms with Crippen molar-refractivity contribution in [3.8, 4) is 0 Å². The molecule has 4 atom stereocenters. The number of unbranched alkanes of at least 4 members (excludes halogenated alkanes) is 1. The number of amides is 3. The van der Waals surface area contributed by atoms with E-state index in [0.717, 1.165) is 0 Å². The summed E-state index contributed by atoms with van der Waals surface area (Å²) in [7, 11) is 0. The van der Waals surface area contributed by atoms with E-state index in [2.05, 4.69) is 16.0 Å². The number of carbonyl (C=O) groups excluding carboxylic acids is 3. The Morgan fingerprint density at radius 3 is 1.93 bits per heavy atom. The van der Waals surface area contributed by atoms with E-state index >= 15 is 0 Å². The molecule has 0 saturated heterocycles. The molecule has 0 saturated carbocycles. The lowest BCUT2D eigenvalue weighted by Crippen LogP contribution is -2.56. The van der Waals surface area contributed by atoms with Gasteiger partial charge in [0.2, 0.25) is 17.7 Å². The fourth-order valence-electron chi connectivity index (χ4n) is 2.08. The molecule has 0 spiro atoms. The van der Waals surface area contributed by atoms with Crippen LogP contribution in [0.15, 0.2) is 0 Å². The number of carboxylic acid groups (broad SMARTS) is 2. The second-order valence-corrected chi connectivity index (χ2v) is 6.35. The molecule has 160 valence electrons. The molecule has 0 bridgehead atoms. The molecule has 12 nitrogen and oxygen atoms in total. The zero-order chi connectivity index (χ0) is 21.9. The van der Waals surface area contributed by atoms with Crippen LogP contribution in [0, 0.1) is 0 Å². The molecule has 9 N–H and O–H groups in total. The zero-order valence-corrected chi connectivity index (χ0v) is 15.9. The van der Waals surface area contributed by atoms with E-state index in [1.54, 1.807) is 0 Å². The van der Waals surface area contributed by atoms with Gasteiger partial charge in [-0.25, -0.2) is 0 Å². The van der Waals surface area contributed by atoms with Gasteiger partial charge >= 0.3 is 11.9 Å². The van der Waals surface area contributed by atoms with Crippen LogP contribution in [0.4, 0.5) is 0 Å². The minimum atomic E-state index is -1.51. The summed E-state index contributed by atoms with van der Waals surface area (Å²) in [6.07, 6.45) is 0.976. The SMILES string of the molecule is CC(NC(=O)C(CC(=O)O)NC(=O)C(C)NC(=O)C(N)CCCCN)C(=O)O. The number of carbonyl (C=O) groups is 5. The molecule has 0 radical (unpaired) electrons. The molecule has 4 unspecified atom stereocenters. The molecular formula is C16H29N5O7. The summed E-state index contributed by atoms with van der Waals surface area (Å²) >= 11 is 0. The van der Waals surface area contributed by atoms with Gasteiger partial charge in [0.05, 0.1) is 12.5 Å². The summed E-state index contributed by atoms with van der Waals surface area (Å²) in [5.41, 5.74) is 11.1. The zero-order valence-electron chi connectivity index (χ0n) is 15.9. The molecule has 0 rings (SSSR count). The number of aliphatic carboxylic acids is 2. The number of carboxylic acids is 2. The summed E-state index contributed by atoms with van der Waals surface area (Å²) in [4.78, 5) is 58.0. The van der Waals surface area contributed by atoms with E-state index in [1.165, 1.54) is 13.8 Å². The van der Waals surface area contributed by atoms with Gasteiger partial charge in [-0.1, -0.05) is 6.42 Å². The predicted octanol–water partition coefficient (Wildman–Crippen LogP) is -2.50.